The van der Waals surface area contributed by atoms with Gasteiger partial charge in [0.15, 0.2) is 5.43 Å². The topological polar surface area (TPSA) is 56.3 Å². The molecular weight excluding hydrogens is 319 g/mol. The number of phenols is 1. The van der Waals surface area contributed by atoms with Crippen LogP contribution in [0.2, 0.25) is 0 Å². The Hall–Kier alpha value is -2.66. The van der Waals surface area contributed by atoms with Crippen LogP contribution in [0.5, 0.6) is 5.75 Å². The monoisotopic (exact) mass is 338 g/mol. The van der Waals surface area contributed by atoms with Crippen LogP contribution in [0.1, 0.15) is 24.1 Å². The van der Waals surface area contributed by atoms with Gasteiger partial charge in [-0.25, -0.2) is 4.39 Å². The van der Waals surface area contributed by atoms with E-state index >= 15 is 0 Å². The minimum atomic E-state index is -0.409. The van der Waals surface area contributed by atoms with Crippen molar-refractivity contribution >= 4 is 10.9 Å². The van der Waals surface area contributed by atoms with Crippen molar-refractivity contribution in [3.63, 3.8) is 0 Å². The predicted octanol–water partition coefficient (Wildman–Crippen LogP) is 3.54. The van der Waals surface area contributed by atoms with E-state index in [0.717, 1.165) is 24.9 Å². The summed E-state index contributed by atoms with van der Waals surface area (Å²) in [6.07, 6.45) is 2.26. The van der Waals surface area contributed by atoms with Gasteiger partial charge in [0.05, 0.1) is 5.52 Å². The van der Waals surface area contributed by atoms with Gasteiger partial charge in [-0.15, -0.1) is 0 Å². The maximum absolute atomic E-state index is 14.0. The molecule has 0 bridgehead atoms. The van der Waals surface area contributed by atoms with Crippen molar-refractivity contribution in [2.45, 2.75) is 32.0 Å². The van der Waals surface area contributed by atoms with Crippen LogP contribution in [-0.4, -0.2) is 21.0 Å². The highest BCUT2D eigenvalue weighted by molar-refractivity contribution is 5.78. The van der Waals surface area contributed by atoms with Crippen molar-refractivity contribution in [2.24, 2.45) is 0 Å². The summed E-state index contributed by atoms with van der Waals surface area (Å²) in [5, 5.41) is 9.79. The molecule has 1 aromatic heterocycles. The lowest BCUT2D eigenvalue weighted by Crippen LogP contribution is -2.26. The van der Waals surface area contributed by atoms with Crippen LogP contribution in [-0.2, 0) is 13.1 Å². The molecule has 0 atom stereocenters. The van der Waals surface area contributed by atoms with Crippen LogP contribution < -0.4 is 5.43 Å². The summed E-state index contributed by atoms with van der Waals surface area (Å²) in [6.45, 7) is 1.29. The standard InChI is InChI=1S/C20H19FN2O2/c21-18-3-1-2-17-19(25)10-14(22-20(17)18)12-23(15-6-7-15)11-13-4-8-16(24)9-5-13/h1-5,8-10,15,24H,6-7,11-12H2,(H,22,25). The first-order valence-electron chi connectivity index (χ1n) is 8.42. The quantitative estimate of drug-likeness (QED) is 0.748. The summed E-state index contributed by atoms with van der Waals surface area (Å²) in [5.41, 5.74) is 1.92. The first-order chi connectivity index (χ1) is 12.1. The van der Waals surface area contributed by atoms with Crippen LogP contribution in [0, 0.1) is 5.82 Å². The van der Waals surface area contributed by atoms with E-state index in [-0.39, 0.29) is 16.7 Å². The van der Waals surface area contributed by atoms with E-state index in [1.807, 2.05) is 12.1 Å². The lowest BCUT2D eigenvalue weighted by Gasteiger charge is -2.22. The van der Waals surface area contributed by atoms with Gasteiger partial charge in [-0.1, -0.05) is 18.2 Å². The van der Waals surface area contributed by atoms with E-state index in [2.05, 4.69) is 9.88 Å². The van der Waals surface area contributed by atoms with Gasteiger partial charge in [0.25, 0.3) is 0 Å². The fourth-order valence-electron chi connectivity index (χ4n) is 3.18. The molecule has 1 aliphatic rings. The van der Waals surface area contributed by atoms with Crippen LogP contribution in [0.4, 0.5) is 4.39 Å². The van der Waals surface area contributed by atoms with Gasteiger partial charge in [0.2, 0.25) is 0 Å². The third-order valence-electron chi connectivity index (χ3n) is 4.63. The number of rotatable bonds is 5. The zero-order chi connectivity index (χ0) is 17.4. The third-order valence-corrected chi connectivity index (χ3v) is 4.63. The molecule has 0 amide bonds. The minimum absolute atomic E-state index is 0.163. The fraction of sp³-hybridized carbons (Fsp3) is 0.250. The number of halogens is 1. The van der Waals surface area contributed by atoms with Crippen LogP contribution in [0.25, 0.3) is 10.9 Å². The highest BCUT2D eigenvalue weighted by Gasteiger charge is 2.29. The van der Waals surface area contributed by atoms with E-state index in [0.29, 0.717) is 23.7 Å². The van der Waals surface area contributed by atoms with Gasteiger partial charge < -0.3 is 10.1 Å². The number of nitrogens with one attached hydrogen (secondary N) is 1. The van der Waals surface area contributed by atoms with E-state index in [4.69, 9.17) is 0 Å². The van der Waals surface area contributed by atoms with Gasteiger partial charge in [-0.3, -0.25) is 9.69 Å². The highest BCUT2D eigenvalue weighted by Crippen LogP contribution is 2.30. The van der Waals surface area contributed by atoms with Gasteiger partial charge in [-0.2, -0.15) is 0 Å². The first-order valence-corrected chi connectivity index (χ1v) is 8.42. The molecule has 0 radical (unpaired) electrons. The molecule has 0 aliphatic heterocycles. The molecule has 1 heterocycles. The molecule has 25 heavy (non-hydrogen) atoms. The zero-order valence-corrected chi connectivity index (χ0v) is 13.7. The Bertz CT molecular complexity index is 962. The average molecular weight is 338 g/mol. The SMILES string of the molecule is O=c1cc(CN(Cc2ccc(O)cc2)C2CC2)[nH]c2c(F)cccc12. The summed E-state index contributed by atoms with van der Waals surface area (Å²) in [7, 11) is 0. The maximum Gasteiger partial charge on any atom is 0.189 e. The molecule has 2 aromatic carbocycles. The van der Waals surface area contributed by atoms with Gasteiger partial charge in [0.1, 0.15) is 11.6 Å². The number of hydrogen-bond acceptors (Lipinski definition) is 3. The number of pyridine rings is 1. The number of aromatic amines is 1. The molecule has 2 N–H and O–H groups in total. The average Bonchev–Trinajstić information content (AvgIpc) is 3.42. The molecule has 0 spiro atoms. The Labute approximate surface area is 144 Å². The number of fused-ring (bicyclic) bond motifs is 1. The molecule has 0 unspecified atom stereocenters. The number of phenolic OH excluding ortho intramolecular Hbond substituents is 1. The fourth-order valence-corrected chi connectivity index (χ4v) is 3.18. The number of benzene rings is 2. The van der Waals surface area contributed by atoms with Gasteiger partial charge in [-0.05, 0) is 42.7 Å². The van der Waals surface area contributed by atoms with Crippen molar-refractivity contribution in [1.82, 2.24) is 9.88 Å². The largest absolute Gasteiger partial charge is 0.508 e. The van der Waals surface area contributed by atoms with Crippen molar-refractivity contribution in [3.8, 4) is 5.75 Å². The predicted molar refractivity (Wildman–Crippen MR) is 94.9 cm³/mol. The number of nitrogens with zero attached hydrogens (tertiary/aromatic N) is 1. The van der Waals surface area contributed by atoms with Crippen LogP contribution >= 0.6 is 0 Å². The molecule has 1 fully saturated rings. The van der Waals surface area contributed by atoms with E-state index in [1.54, 1.807) is 30.3 Å². The van der Waals surface area contributed by atoms with Crippen LogP contribution in [0.3, 0.4) is 0 Å². The Morgan fingerprint density at radius 1 is 1.12 bits per heavy atom. The van der Waals surface area contributed by atoms with E-state index in [1.165, 1.54) is 6.07 Å². The summed E-state index contributed by atoms with van der Waals surface area (Å²) in [4.78, 5) is 17.7. The molecule has 128 valence electrons. The lowest BCUT2D eigenvalue weighted by atomic mass is 10.1. The molecule has 0 saturated heterocycles. The van der Waals surface area contributed by atoms with Crippen molar-refractivity contribution in [2.75, 3.05) is 0 Å². The smallest absolute Gasteiger partial charge is 0.189 e. The summed E-state index contributed by atoms with van der Waals surface area (Å²) >= 11 is 0. The number of aromatic nitrogens is 1. The maximum atomic E-state index is 14.0. The van der Waals surface area contributed by atoms with Crippen molar-refractivity contribution in [3.05, 3.63) is 75.8 Å². The molecule has 3 aromatic rings. The number of para-hydroxylation sites is 1. The zero-order valence-electron chi connectivity index (χ0n) is 13.7. The second-order valence-corrected chi connectivity index (χ2v) is 6.62. The normalized spacial score (nSPS) is 14.3. The van der Waals surface area contributed by atoms with Crippen molar-refractivity contribution in [1.29, 1.82) is 0 Å². The molecule has 4 nitrogen and oxygen atoms in total. The highest BCUT2D eigenvalue weighted by atomic mass is 19.1. The second kappa shape index (κ2) is 6.33. The summed E-state index contributed by atoms with van der Waals surface area (Å²) < 4.78 is 14.0. The van der Waals surface area contributed by atoms with Gasteiger partial charge in [0, 0.05) is 36.3 Å². The third kappa shape index (κ3) is 3.42. The number of hydrogen-bond donors (Lipinski definition) is 2. The minimum Gasteiger partial charge on any atom is -0.508 e. The Morgan fingerprint density at radius 2 is 1.88 bits per heavy atom. The molecule has 4 rings (SSSR count). The molecule has 5 heteroatoms. The van der Waals surface area contributed by atoms with E-state index in [9.17, 15) is 14.3 Å². The number of aromatic hydroxyl groups is 1. The van der Waals surface area contributed by atoms with Crippen LogP contribution in [0.15, 0.2) is 53.3 Å². The Balaban J connectivity index is 1.62. The molecular formula is C20H19FN2O2. The van der Waals surface area contributed by atoms with Crippen molar-refractivity contribution < 1.29 is 9.50 Å². The molecule has 1 saturated carbocycles. The first kappa shape index (κ1) is 15.8. The summed E-state index contributed by atoms with van der Waals surface area (Å²) in [5.74, 6) is -0.163. The van der Waals surface area contributed by atoms with Gasteiger partial charge >= 0.3 is 0 Å². The Morgan fingerprint density at radius 3 is 2.60 bits per heavy atom. The molecule has 1 aliphatic carbocycles. The lowest BCUT2D eigenvalue weighted by molar-refractivity contribution is 0.243. The Kier molecular flexibility index (Phi) is 4.01. The number of H-pyrrole nitrogens is 1. The summed E-state index contributed by atoms with van der Waals surface area (Å²) in [6, 6.07) is 13.7. The van der Waals surface area contributed by atoms with E-state index < -0.39 is 5.82 Å². The second-order valence-electron chi connectivity index (χ2n) is 6.62.